The fraction of sp³-hybridized carbons (Fsp3) is 0.250. The molecule has 1 aromatic carbocycles. The monoisotopic (exact) mass is 326 g/mol. The first-order chi connectivity index (χ1) is 8.97. The van der Waals surface area contributed by atoms with Gasteiger partial charge in [0.05, 0.1) is 6.54 Å². The Morgan fingerprint density at radius 2 is 2.26 bits per heavy atom. The number of carbonyl (C=O) groups is 1. The molecule has 1 aromatic heterocycles. The van der Waals surface area contributed by atoms with E-state index in [4.69, 9.17) is 0 Å². The van der Waals surface area contributed by atoms with Crippen molar-refractivity contribution in [2.24, 2.45) is 7.05 Å². The number of nitrogens with zero attached hydrogens (tertiary/aromatic N) is 3. The molecule has 0 aliphatic rings. The topological polar surface area (TPSA) is 59.8 Å². The van der Waals surface area contributed by atoms with Gasteiger partial charge in [0.1, 0.15) is 11.5 Å². The lowest BCUT2D eigenvalue weighted by Gasteiger charge is -2.08. The number of amides is 1. The second kappa shape index (κ2) is 5.48. The van der Waals surface area contributed by atoms with E-state index >= 15 is 0 Å². The molecule has 1 heterocycles. The van der Waals surface area contributed by atoms with E-state index in [1.165, 1.54) is 12.1 Å². The van der Waals surface area contributed by atoms with Crippen LogP contribution in [0, 0.1) is 12.7 Å². The number of carbonyl (C=O) groups excluding carboxylic acids is 1. The minimum absolute atomic E-state index is 0.250. The number of aromatic nitrogens is 3. The lowest BCUT2D eigenvalue weighted by atomic mass is 10.1. The highest BCUT2D eigenvalue weighted by molar-refractivity contribution is 9.10. The van der Waals surface area contributed by atoms with Crippen LogP contribution in [0.3, 0.4) is 0 Å². The molecule has 2 aromatic rings. The van der Waals surface area contributed by atoms with E-state index in [1.54, 1.807) is 24.9 Å². The summed E-state index contributed by atoms with van der Waals surface area (Å²) in [6.07, 6.45) is 1.70. The number of halogens is 2. The SMILES string of the molecule is Cc1c(Br)cc(F)cc1C(=O)NCc1cn(C)nn1. The molecule has 0 aliphatic heterocycles. The van der Waals surface area contributed by atoms with E-state index in [1.807, 2.05) is 0 Å². The van der Waals surface area contributed by atoms with Crippen LogP contribution in [0.25, 0.3) is 0 Å². The number of hydrogen-bond donors (Lipinski definition) is 1. The molecule has 1 N–H and O–H groups in total. The maximum atomic E-state index is 13.3. The van der Waals surface area contributed by atoms with Crippen molar-refractivity contribution in [2.45, 2.75) is 13.5 Å². The fourth-order valence-electron chi connectivity index (χ4n) is 1.62. The van der Waals surface area contributed by atoms with Gasteiger partial charge < -0.3 is 5.32 Å². The van der Waals surface area contributed by atoms with Crippen molar-refractivity contribution in [3.63, 3.8) is 0 Å². The molecular formula is C12H12BrFN4O. The van der Waals surface area contributed by atoms with Crippen molar-refractivity contribution in [1.29, 1.82) is 0 Å². The van der Waals surface area contributed by atoms with Gasteiger partial charge in [-0.25, -0.2) is 4.39 Å². The zero-order chi connectivity index (χ0) is 14.0. The van der Waals surface area contributed by atoms with Crippen LogP contribution in [0.2, 0.25) is 0 Å². The predicted molar refractivity (Wildman–Crippen MR) is 71.0 cm³/mol. The van der Waals surface area contributed by atoms with E-state index in [0.29, 0.717) is 21.3 Å². The number of hydrogen-bond acceptors (Lipinski definition) is 3. The summed E-state index contributed by atoms with van der Waals surface area (Å²) in [6.45, 7) is 2.00. The van der Waals surface area contributed by atoms with Crippen molar-refractivity contribution in [2.75, 3.05) is 0 Å². The number of rotatable bonds is 3. The number of nitrogens with one attached hydrogen (secondary N) is 1. The zero-order valence-corrected chi connectivity index (χ0v) is 12.0. The summed E-state index contributed by atoms with van der Waals surface area (Å²) in [7, 11) is 1.74. The largest absolute Gasteiger partial charge is 0.346 e. The van der Waals surface area contributed by atoms with Gasteiger partial charge in [0.25, 0.3) is 5.91 Å². The summed E-state index contributed by atoms with van der Waals surface area (Å²) in [6, 6.07) is 2.54. The second-order valence-electron chi connectivity index (χ2n) is 4.13. The maximum Gasteiger partial charge on any atom is 0.252 e. The van der Waals surface area contributed by atoms with Crippen molar-refractivity contribution in [3.05, 3.63) is 45.4 Å². The molecule has 5 nitrogen and oxygen atoms in total. The lowest BCUT2D eigenvalue weighted by Crippen LogP contribution is -2.24. The molecule has 100 valence electrons. The smallest absolute Gasteiger partial charge is 0.252 e. The van der Waals surface area contributed by atoms with Crippen molar-refractivity contribution >= 4 is 21.8 Å². The van der Waals surface area contributed by atoms with Crippen LogP contribution in [0.15, 0.2) is 22.8 Å². The highest BCUT2D eigenvalue weighted by Gasteiger charge is 2.13. The summed E-state index contributed by atoms with van der Waals surface area (Å²) in [5.74, 6) is -0.800. The van der Waals surface area contributed by atoms with Crippen molar-refractivity contribution < 1.29 is 9.18 Å². The molecule has 0 unspecified atom stereocenters. The van der Waals surface area contributed by atoms with Gasteiger partial charge in [0, 0.05) is 23.3 Å². The van der Waals surface area contributed by atoms with Gasteiger partial charge in [-0.15, -0.1) is 5.10 Å². The summed E-state index contributed by atoms with van der Waals surface area (Å²) in [4.78, 5) is 12.0. The highest BCUT2D eigenvalue weighted by atomic mass is 79.9. The Morgan fingerprint density at radius 1 is 1.53 bits per heavy atom. The van der Waals surface area contributed by atoms with E-state index in [0.717, 1.165) is 0 Å². The van der Waals surface area contributed by atoms with Gasteiger partial charge in [0.2, 0.25) is 0 Å². The second-order valence-corrected chi connectivity index (χ2v) is 4.98. The molecule has 1 amide bonds. The van der Waals surface area contributed by atoms with Crippen molar-refractivity contribution in [3.8, 4) is 0 Å². The summed E-state index contributed by atoms with van der Waals surface area (Å²) >= 11 is 3.22. The molecule has 0 spiro atoms. The van der Waals surface area contributed by atoms with Gasteiger partial charge in [-0.3, -0.25) is 9.48 Å². The van der Waals surface area contributed by atoms with Crippen LogP contribution in [0.1, 0.15) is 21.6 Å². The van der Waals surface area contributed by atoms with E-state index in [9.17, 15) is 9.18 Å². The lowest BCUT2D eigenvalue weighted by molar-refractivity contribution is 0.0949. The zero-order valence-electron chi connectivity index (χ0n) is 10.4. The molecule has 0 saturated carbocycles. The van der Waals surface area contributed by atoms with Crippen LogP contribution in [-0.4, -0.2) is 20.9 Å². The average molecular weight is 327 g/mol. The quantitative estimate of drug-likeness (QED) is 0.937. The van der Waals surface area contributed by atoms with Crippen LogP contribution in [-0.2, 0) is 13.6 Å². The van der Waals surface area contributed by atoms with Crippen LogP contribution in [0.5, 0.6) is 0 Å². The molecule has 0 atom stereocenters. The average Bonchev–Trinajstić information content (AvgIpc) is 2.76. The maximum absolute atomic E-state index is 13.3. The first kappa shape index (κ1) is 13.7. The van der Waals surface area contributed by atoms with E-state index in [2.05, 4.69) is 31.6 Å². The molecule has 19 heavy (non-hydrogen) atoms. The summed E-state index contributed by atoms with van der Waals surface area (Å²) < 4.78 is 15.4. The van der Waals surface area contributed by atoms with E-state index < -0.39 is 5.82 Å². The third-order valence-corrected chi connectivity index (χ3v) is 3.46. The minimum atomic E-state index is -0.456. The molecule has 0 saturated heterocycles. The third-order valence-electron chi connectivity index (χ3n) is 2.63. The Balaban J connectivity index is 2.12. The normalized spacial score (nSPS) is 10.5. The Hall–Kier alpha value is -1.76. The van der Waals surface area contributed by atoms with Gasteiger partial charge in [-0.2, -0.15) is 0 Å². The molecule has 0 radical (unpaired) electrons. The molecule has 0 aliphatic carbocycles. The molecular weight excluding hydrogens is 315 g/mol. The fourth-order valence-corrected chi connectivity index (χ4v) is 2.06. The minimum Gasteiger partial charge on any atom is -0.346 e. The van der Waals surface area contributed by atoms with Crippen LogP contribution < -0.4 is 5.32 Å². The third kappa shape index (κ3) is 3.17. The summed E-state index contributed by atoms with van der Waals surface area (Å²) in [5.41, 5.74) is 1.64. The first-order valence-electron chi connectivity index (χ1n) is 5.56. The summed E-state index contributed by atoms with van der Waals surface area (Å²) in [5, 5.41) is 10.3. The first-order valence-corrected chi connectivity index (χ1v) is 6.35. The van der Waals surface area contributed by atoms with Gasteiger partial charge in [-0.1, -0.05) is 21.1 Å². The predicted octanol–water partition coefficient (Wildman–Crippen LogP) is 1.96. The van der Waals surface area contributed by atoms with Gasteiger partial charge in [0.15, 0.2) is 0 Å². The highest BCUT2D eigenvalue weighted by Crippen LogP contribution is 2.21. The van der Waals surface area contributed by atoms with Crippen LogP contribution in [0.4, 0.5) is 4.39 Å². The van der Waals surface area contributed by atoms with Gasteiger partial charge >= 0.3 is 0 Å². The molecule has 7 heteroatoms. The standard InChI is InChI=1S/C12H12BrFN4O/c1-7-10(3-8(14)4-11(7)13)12(19)15-5-9-6-18(2)17-16-9/h3-4,6H,5H2,1-2H3,(H,15,19). The van der Waals surface area contributed by atoms with Crippen molar-refractivity contribution in [1.82, 2.24) is 20.3 Å². The Morgan fingerprint density at radius 3 is 2.89 bits per heavy atom. The Labute approximate surface area is 117 Å². The Bertz CT molecular complexity index is 626. The van der Waals surface area contributed by atoms with E-state index in [-0.39, 0.29) is 12.5 Å². The number of benzene rings is 1. The van der Waals surface area contributed by atoms with Gasteiger partial charge in [-0.05, 0) is 24.6 Å². The molecule has 2 rings (SSSR count). The molecule has 0 bridgehead atoms. The number of aryl methyl sites for hydroxylation is 1. The Kier molecular flexibility index (Phi) is 3.94. The molecule has 0 fully saturated rings. The van der Waals surface area contributed by atoms with Crippen LogP contribution >= 0.6 is 15.9 Å².